The van der Waals surface area contributed by atoms with E-state index in [4.69, 9.17) is 16.3 Å². The molecule has 0 aromatic heterocycles. The first-order valence-electron chi connectivity index (χ1n) is 8.37. The van der Waals surface area contributed by atoms with Crippen molar-refractivity contribution in [2.24, 2.45) is 5.92 Å². The summed E-state index contributed by atoms with van der Waals surface area (Å²) in [6.07, 6.45) is 1.44. The van der Waals surface area contributed by atoms with Gasteiger partial charge in [0, 0.05) is 24.1 Å². The molecule has 0 saturated carbocycles. The summed E-state index contributed by atoms with van der Waals surface area (Å²) in [5, 5.41) is 3.24. The van der Waals surface area contributed by atoms with Crippen LogP contribution in [0.2, 0.25) is 5.02 Å². The van der Waals surface area contributed by atoms with Crippen LogP contribution in [0.3, 0.4) is 0 Å². The largest absolute Gasteiger partial charge is 0.444 e. The third-order valence-corrected chi connectivity index (χ3v) is 4.72. The summed E-state index contributed by atoms with van der Waals surface area (Å²) in [7, 11) is 0. The van der Waals surface area contributed by atoms with Gasteiger partial charge in [-0.2, -0.15) is 0 Å². The predicted octanol–water partition coefficient (Wildman–Crippen LogP) is 4.48. The first-order valence-corrected chi connectivity index (χ1v) is 9.54. The number of carbonyl (C=O) groups is 2. The van der Waals surface area contributed by atoms with Gasteiger partial charge in [0.25, 0.3) is 5.91 Å². The fourth-order valence-corrected chi connectivity index (χ4v) is 3.35. The summed E-state index contributed by atoms with van der Waals surface area (Å²) in [5.74, 6) is 0.129. The predicted molar refractivity (Wildman–Crippen MR) is 102 cm³/mol. The second kappa shape index (κ2) is 8.41. The van der Waals surface area contributed by atoms with Gasteiger partial charge in [0.2, 0.25) is 0 Å². The molecule has 1 unspecified atom stereocenters. The van der Waals surface area contributed by atoms with Crippen molar-refractivity contribution >= 4 is 39.5 Å². The minimum atomic E-state index is -0.518. The molecule has 2 amide bonds. The highest BCUT2D eigenvalue weighted by atomic mass is 79.9. The number of amides is 2. The lowest BCUT2D eigenvalue weighted by atomic mass is 9.97. The van der Waals surface area contributed by atoms with E-state index in [-0.39, 0.29) is 11.8 Å². The molecule has 1 N–H and O–H groups in total. The van der Waals surface area contributed by atoms with Crippen LogP contribution in [0, 0.1) is 5.92 Å². The third kappa shape index (κ3) is 6.19. The van der Waals surface area contributed by atoms with Crippen LogP contribution in [0.4, 0.5) is 4.79 Å². The van der Waals surface area contributed by atoms with Crippen molar-refractivity contribution in [2.75, 3.05) is 19.6 Å². The molecule has 138 valence electrons. The highest BCUT2D eigenvalue weighted by Crippen LogP contribution is 2.25. The molecule has 1 heterocycles. The maximum atomic E-state index is 12.8. The Morgan fingerprint density at radius 2 is 2.12 bits per heavy atom. The van der Waals surface area contributed by atoms with Gasteiger partial charge in [0.15, 0.2) is 0 Å². The van der Waals surface area contributed by atoms with Gasteiger partial charge < -0.3 is 15.0 Å². The Bertz CT molecular complexity index is 646. The van der Waals surface area contributed by atoms with Gasteiger partial charge in [-0.15, -0.1) is 0 Å². The van der Waals surface area contributed by atoms with Crippen LogP contribution < -0.4 is 5.32 Å². The van der Waals surface area contributed by atoms with E-state index in [1.807, 2.05) is 26.8 Å². The molecule has 0 bridgehead atoms. The maximum Gasteiger partial charge on any atom is 0.407 e. The number of likely N-dealkylation sites (tertiary alicyclic amines) is 1. The number of alkyl carbamates (subject to hydrolysis) is 1. The normalized spacial score (nSPS) is 18.0. The molecule has 5 nitrogen and oxygen atoms in total. The molecular formula is C18H24BrClN2O3. The topological polar surface area (TPSA) is 58.6 Å². The fraction of sp³-hybridized carbons (Fsp3) is 0.556. The van der Waals surface area contributed by atoms with Crippen molar-refractivity contribution in [3.05, 3.63) is 33.3 Å². The maximum absolute atomic E-state index is 12.8. The van der Waals surface area contributed by atoms with Crippen LogP contribution in [0.1, 0.15) is 44.0 Å². The molecule has 25 heavy (non-hydrogen) atoms. The number of carbonyl (C=O) groups excluding carboxylic acids is 2. The van der Waals surface area contributed by atoms with Crippen LogP contribution in [0.25, 0.3) is 0 Å². The van der Waals surface area contributed by atoms with Gasteiger partial charge in [0.05, 0.1) is 10.6 Å². The number of hydrogen-bond donors (Lipinski definition) is 1. The van der Waals surface area contributed by atoms with E-state index in [0.29, 0.717) is 30.2 Å². The van der Waals surface area contributed by atoms with Crippen molar-refractivity contribution < 1.29 is 14.3 Å². The molecule has 1 aromatic rings. The van der Waals surface area contributed by atoms with Gasteiger partial charge in [0.1, 0.15) is 5.60 Å². The molecule has 1 aliphatic heterocycles. The third-order valence-electron chi connectivity index (χ3n) is 3.90. The number of ether oxygens (including phenoxy) is 1. The van der Waals surface area contributed by atoms with Crippen LogP contribution >= 0.6 is 27.5 Å². The molecule has 2 rings (SSSR count). The van der Waals surface area contributed by atoms with Crippen LogP contribution in [-0.2, 0) is 4.74 Å². The van der Waals surface area contributed by atoms with E-state index in [1.54, 1.807) is 17.0 Å². The van der Waals surface area contributed by atoms with Crippen LogP contribution in [-0.4, -0.2) is 42.1 Å². The zero-order valence-corrected chi connectivity index (χ0v) is 17.1. The second-order valence-electron chi connectivity index (χ2n) is 7.27. The zero-order chi connectivity index (χ0) is 18.6. The summed E-state index contributed by atoms with van der Waals surface area (Å²) in [6, 6.07) is 5.26. The van der Waals surface area contributed by atoms with E-state index in [2.05, 4.69) is 21.2 Å². The number of halogens is 2. The first kappa shape index (κ1) is 20.0. The summed E-state index contributed by atoms with van der Waals surface area (Å²) in [5.41, 5.74) is -0.0207. The van der Waals surface area contributed by atoms with Gasteiger partial charge in [-0.05, 0) is 57.7 Å². The molecule has 1 fully saturated rings. The second-order valence-corrected chi connectivity index (χ2v) is 8.59. The minimum Gasteiger partial charge on any atom is -0.444 e. The standard InChI is InChI=1S/C18H24BrClN2O3/c1-18(2,3)25-17(24)21-10-12-5-4-8-22(11-12)16(23)14-9-13(19)6-7-15(14)20/h6-7,9,12H,4-5,8,10-11H2,1-3H3,(H,21,24). The molecule has 0 aliphatic carbocycles. The number of nitrogens with zero attached hydrogens (tertiary/aromatic N) is 1. The lowest BCUT2D eigenvalue weighted by Crippen LogP contribution is -2.44. The Balaban J connectivity index is 1.93. The highest BCUT2D eigenvalue weighted by molar-refractivity contribution is 9.10. The SMILES string of the molecule is CC(C)(C)OC(=O)NCC1CCCN(C(=O)c2cc(Br)ccc2Cl)C1. The number of benzene rings is 1. The van der Waals surface area contributed by atoms with Gasteiger partial charge >= 0.3 is 6.09 Å². The van der Waals surface area contributed by atoms with E-state index in [0.717, 1.165) is 17.3 Å². The summed E-state index contributed by atoms with van der Waals surface area (Å²) >= 11 is 9.54. The number of hydrogen-bond acceptors (Lipinski definition) is 3. The molecule has 1 saturated heterocycles. The molecule has 0 spiro atoms. The fourth-order valence-electron chi connectivity index (χ4n) is 2.79. The van der Waals surface area contributed by atoms with E-state index >= 15 is 0 Å². The number of nitrogens with one attached hydrogen (secondary N) is 1. The van der Waals surface area contributed by atoms with Crippen molar-refractivity contribution in [2.45, 2.75) is 39.2 Å². The average molecular weight is 432 g/mol. The van der Waals surface area contributed by atoms with Gasteiger partial charge in [-0.3, -0.25) is 4.79 Å². The van der Waals surface area contributed by atoms with Gasteiger partial charge in [-0.25, -0.2) is 4.79 Å². The molecule has 1 aliphatic rings. The van der Waals surface area contributed by atoms with Crippen molar-refractivity contribution in [1.82, 2.24) is 10.2 Å². The Hall–Kier alpha value is -1.27. The van der Waals surface area contributed by atoms with Crippen molar-refractivity contribution in [1.29, 1.82) is 0 Å². The quantitative estimate of drug-likeness (QED) is 0.767. The van der Waals surface area contributed by atoms with Gasteiger partial charge in [-0.1, -0.05) is 27.5 Å². The molecule has 0 radical (unpaired) electrons. The lowest BCUT2D eigenvalue weighted by molar-refractivity contribution is 0.0502. The molecule has 7 heteroatoms. The summed E-state index contributed by atoms with van der Waals surface area (Å²) in [4.78, 5) is 26.3. The molecule has 1 aromatic carbocycles. The van der Waals surface area contributed by atoms with Crippen molar-refractivity contribution in [3.63, 3.8) is 0 Å². The lowest BCUT2D eigenvalue weighted by Gasteiger charge is -2.33. The number of rotatable bonds is 3. The van der Waals surface area contributed by atoms with E-state index < -0.39 is 11.7 Å². The van der Waals surface area contributed by atoms with Crippen LogP contribution in [0.15, 0.2) is 22.7 Å². The average Bonchev–Trinajstić information content (AvgIpc) is 2.53. The smallest absolute Gasteiger partial charge is 0.407 e. The molecule has 1 atom stereocenters. The monoisotopic (exact) mass is 430 g/mol. The Morgan fingerprint density at radius 1 is 1.40 bits per heavy atom. The van der Waals surface area contributed by atoms with E-state index in [1.165, 1.54) is 0 Å². The Morgan fingerprint density at radius 3 is 2.80 bits per heavy atom. The van der Waals surface area contributed by atoms with E-state index in [9.17, 15) is 9.59 Å². The zero-order valence-electron chi connectivity index (χ0n) is 14.8. The van der Waals surface area contributed by atoms with Crippen molar-refractivity contribution in [3.8, 4) is 0 Å². The Labute approximate surface area is 162 Å². The minimum absolute atomic E-state index is 0.0757. The van der Waals surface area contributed by atoms with Crippen LogP contribution in [0.5, 0.6) is 0 Å². The first-order chi connectivity index (χ1) is 11.7. The highest BCUT2D eigenvalue weighted by Gasteiger charge is 2.26. The number of piperidine rings is 1. The summed E-state index contributed by atoms with van der Waals surface area (Å²) in [6.45, 7) is 7.27. The Kier molecular flexibility index (Phi) is 6.74. The summed E-state index contributed by atoms with van der Waals surface area (Å²) < 4.78 is 6.07. The molecular weight excluding hydrogens is 408 g/mol.